The molecular formula is C18H17KO3. The minimum Gasteiger partial charge on any atom is -0.545 e. The van der Waals surface area contributed by atoms with Crippen LogP contribution in [-0.4, -0.2) is 5.97 Å². The minimum absolute atomic E-state index is 0. The molecule has 0 aromatic heterocycles. The van der Waals surface area contributed by atoms with Crippen molar-refractivity contribution in [3.63, 3.8) is 0 Å². The van der Waals surface area contributed by atoms with Crippen molar-refractivity contribution in [3.8, 4) is 11.5 Å². The van der Waals surface area contributed by atoms with Gasteiger partial charge in [-0.2, -0.15) is 0 Å². The molecule has 22 heavy (non-hydrogen) atoms. The summed E-state index contributed by atoms with van der Waals surface area (Å²) in [5, 5.41) is 11.6. The molecule has 0 spiro atoms. The van der Waals surface area contributed by atoms with E-state index in [0.29, 0.717) is 17.7 Å². The number of ether oxygens (including phenoxy) is 1. The first-order valence-electron chi connectivity index (χ1n) is 7.32. The predicted octanol–water partition coefficient (Wildman–Crippen LogP) is 0.0932. The summed E-state index contributed by atoms with van der Waals surface area (Å²) in [6.07, 6.45) is 3.34. The number of carboxylic acids is 1. The van der Waals surface area contributed by atoms with E-state index in [2.05, 4.69) is 6.92 Å². The van der Waals surface area contributed by atoms with Gasteiger partial charge in [0.25, 0.3) is 0 Å². The molecule has 0 fully saturated rings. The van der Waals surface area contributed by atoms with Crippen molar-refractivity contribution in [2.24, 2.45) is 0 Å². The molecule has 0 saturated heterocycles. The second kappa shape index (κ2) is 7.75. The van der Waals surface area contributed by atoms with Crippen molar-refractivity contribution in [2.75, 3.05) is 0 Å². The molecule has 3 rings (SSSR count). The monoisotopic (exact) mass is 320 g/mol. The Morgan fingerprint density at radius 2 is 1.95 bits per heavy atom. The third-order valence-electron chi connectivity index (χ3n) is 3.92. The van der Waals surface area contributed by atoms with Gasteiger partial charge in [-0.3, -0.25) is 0 Å². The van der Waals surface area contributed by atoms with Gasteiger partial charge < -0.3 is 14.6 Å². The summed E-state index contributed by atoms with van der Waals surface area (Å²) in [4.78, 5) is 11.6. The van der Waals surface area contributed by atoms with Crippen LogP contribution in [0.2, 0.25) is 0 Å². The van der Waals surface area contributed by atoms with E-state index in [4.69, 9.17) is 4.74 Å². The molecule has 0 amide bonds. The number of hydrogen-bond acceptors (Lipinski definition) is 3. The number of carbonyl (C=O) groups is 1. The minimum atomic E-state index is -1.11. The normalized spacial score (nSPS) is 11.7. The van der Waals surface area contributed by atoms with E-state index in [-0.39, 0.29) is 51.4 Å². The summed E-state index contributed by atoms with van der Waals surface area (Å²) in [6, 6.07) is 11.5. The summed E-state index contributed by atoms with van der Waals surface area (Å²) in [5.74, 6) is 0.324. The van der Waals surface area contributed by atoms with Crippen LogP contribution < -0.4 is 61.2 Å². The Balaban J connectivity index is 0.00000176. The maximum absolute atomic E-state index is 11.6. The van der Waals surface area contributed by atoms with Gasteiger partial charge in [0, 0.05) is 17.5 Å². The first-order chi connectivity index (χ1) is 10.2. The summed E-state index contributed by atoms with van der Waals surface area (Å²) in [5.41, 5.74) is 2.91. The molecular weight excluding hydrogens is 303 g/mol. The average Bonchev–Trinajstić information content (AvgIpc) is 2.50. The van der Waals surface area contributed by atoms with Crippen molar-refractivity contribution in [3.05, 3.63) is 58.7 Å². The first-order valence-corrected chi connectivity index (χ1v) is 7.32. The van der Waals surface area contributed by atoms with E-state index in [1.807, 2.05) is 36.4 Å². The smallest absolute Gasteiger partial charge is 0.545 e. The fourth-order valence-corrected chi connectivity index (χ4v) is 2.84. The SMILES string of the molecule is CCCCc1ccc2c(c1C(=O)[O-])Cc1ccccc1O2.[K+]. The van der Waals surface area contributed by atoms with Gasteiger partial charge in [0.05, 0.1) is 5.97 Å². The van der Waals surface area contributed by atoms with E-state index in [0.717, 1.165) is 41.7 Å². The third kappa shape index (κ3) is 3.47. The van der Waals surface area contributed by atoms with E-state index in [1.54, 1.807) is 0 Å². The number of carbonyl (C=O) groups excluding carboxylic acids is 1. The van der Waals surface area contributed by atoms with Crippen LogP contribution in [0, 0.1) is 0 Å². The summed E-state index contributed by atoms with van der Waals surface area (Å²) in [6.45, 7) is 2.09. The van der Waals surface area contributed by atoms with E-state index >= 15 is 0 Å². The number of unbranched alkanes of at least 4 members (excludes halogenated alkanes) is 1. The van der Waals surface area contributed by atoms with Crippen molar-refractivity contribution >= 4 is 5.97 Å². The van der Waals surface area contributed by atoms with Gasteiger partial charge in [-0.25, -0.2) is 0 Å². The Kier molecular flexibility index (Phi) is 6.23. The van der Waals surface area contributed by atoms with Crippen LogP contribution in [0.5, 0.6) is 11.5 Å². The largest absolute Gasteiger partial charge is 1.00 e. The second-order valence-corrected chi connectivity index (χ2v) is 5.35. The molecule has 0 aliphatic carbocycles. The molecule has 1 aliphatic heterocycles. The van der Waals surface area contributed by atoms with E-state index in [1.165, 1.54) is 0 Å². The summed E-state index contributed by atoms with van der Waals surface area (Å²) < 4.78 is 5.84. The molecule has 0 atom stereocenters. The Morgan fingerprint density at radius 1 is 1.18 bits per heavy atom. The fourth-order valence-electron chi connectivity index (χ4n) is 2.84. The van der Waals surface area contributed by atoms with Crippen molar-refractivity contribution in [2.45, 2.75) is 32.6 Å². The Labute approximate surface area is 173 Å². The number of benzene rings is 2. The zero-order chi connectivity index (χ0) is 14.8. The molecule has 2 aromatic rings. The third-order valence-corrected chi connectivity index (χ3v) is 3.92. The molecule has 0 bridgehead atoms. The maximum Gasteiger partial charge on any atom is 1.00 e. The molecule has 1 heterocycles. The zero-order valence-electron chi connectivity index (χ0n) is 13.0. The van der Waals surface area contributed by atoms with Gasteiger partial charge in [-0.15, -0.1) is 0 Å². The molecule has 4 heteroatoms. The van der Waals surface area contributed by atoms with Gasteiger partial charge in [-0.1, -0.05) is 37.6 Å². The van der Waals surface area contributed by atoms with Gasteiger partial charge in [0.15, 0.2) is 0 Å². The number of carboxylic acid groups (broad SMARTS) is 1. The van der Waals surface area contributed by atoms with E-state index < -0.39 is 5.97 Å². The van der Waals surface area contributed by atoms with Crippen LogP contribution in [-0.2, 0) is 12.8 Å². The average molecular weight is 320 g/mol. The Hall–Kier alpha value is -0.654. The van der Waals surface area contributed by atoms with Crippen molar-refractivity contribution in [1.29, 1.82) is 0 Å². The van der Waals surface area contributed by atoms with Crippen LogP contribution in [0.15, 0.2) is 36.4 Å². The quantitative estimate of drug-likeness (QED) is 0.640. The van der Waals surface area contributed by atoms with Crippen LogP contribution in [0.1, 0.15) is 46.8 Å². The number of para-hydroxylation sites is 1. The van der Waals surface area contributed by atoms with E-state index in [9.17, 15) is 9.90 Å². The Bertz CT molecular complexity index is 695. The molecule has 0 radical (unpaired) electrons. The molecule has 0 unspecified atom stereocenters. The second-order valence-electron chi connectivity index (χ2n) is 5.35. The molecule has 0 saturated carbocycles. The fraction of sp³-hybridized carbons (Fsp3) is 0.278. The maximum atomic E-state index is 11.6. The van der Waals surface area contributed by atoms with Gasteiger partial charge in [-0.05, 0) is 36.1 Å². The number of rotatable bonds is 4. The standard InChI is InChI=1S/C18H18O3.K/c1-2-3-6-12-9-10-16-14(17(12)18(19)20)11-13-7-4-5-8-15(13)21-16;/h4-5,7-10H,2-3,6,11H2,1H3,(H,19,20);/q;+1/p-1. The molecule has 2 aromatic carbocycles. The van der Waals surface area contributed by atoms with Crippen molar-refractivity contribution in [1.82, 2.24) is 0 Å². The van der Waals surface area contributed by atoms with Gasteiger partial charge >= 0.3 is 51.4 Å². The Morgan fingerprint density at radius 3 is 2.68 bits per heavy atom. The number of aromatic carboxylic acids is 1. The molecule has 0 N–H and O–H groups in total. The summed E-state index contributed by atoms with van der Waals surface area (Å²) >= 11 is 0. The van der Waals surface area contributed by atoms with Crippen LogP contribution in [0.3, 0.4) is 0 Å². The predicted molar refractivity (Wildman–Crippen MR) is 78.7 cm³/mol. The molecule has 1 aliphatic rings. The van der Waals surface area contributed by atoms with Crippen LogP contribution in [0.4, 0.5) is 0 Å². The zero-order valence-corrected chi connectivity index (χ0v) is 16.1. The number of hydrogen-bond donors (Lipinski definition) is 0. The van der Waals surface area contributed by atoms with Crippen LogP contribution in [0.25, 0.3) is 0 Å². The van der Waals surface area contributed by atoms with Crippen molar-refractivity contribution < 1.29 is 66.0 Å². The molecule has 108 valence electrons. The number of aryl methyl sites for hydroxylation is 1. The van der Waals surface area contributed by atoms with Gasteiger partial charge in [0.1, 0.15) is 11.5 Å². The topological polar surface area (TPSA) is 49.4 Å². The number of fused-ring (bicyclic) bond motifs is 2. The summed E-state index contributed by atoms with van der Waals surface area (Å²) in [7, 11) is 0. The first kappa shape index (κ1) is 17.7. The van der Waals surface area contributed by atoms with Crippen LogP contribution >= 0.6 is 0 Å². The molecule has 3 nitrogen and oxygen atoms in total. The van der Waals surface area contributed by atoms with Gasteiger partial charge in [0.2, 0.25) is 0 Å².